The van der Waals surface area contributed by atoms with Crippen molar-refractivity contribution >= 4 is 0 Å². The minimum atomic E-state index is 0.313. The van der Waals surface area contributed by atoms with Crippen LogP contribution in [0.5, 0.6) is 0 Å². The number of likely N-dealkylation sites (N-methyl/N-ethyl adjacent to an activating group) is 1. The van der Waals surface area contributed by atoms with E-state index in [1.807, 2.05) is 24.5 Å². The van der Waals surface area contributed by atoms with Crippen molar-refractivity contribution in [1.82, 2.24) is 10.3 Å². The maximum Gasteiger partial charge on any atom is 0.0509 e. The van der Waals surface area contributed by atoms with Crippen LogP contribution in [0.25, 0.3) is 0 Å². The number of allylic oxidation sites excluding steroid dienone is 1. The van der Waals surface area contributed by atoms with Crippen molar-refractivity contribution in [1.29, 1.82) is 0 Å². The Labute approximate surface area is 86.1 Å². The average Bonchev–Trinajstić information content (AvgIpc) is 2.18. The predicted molar refractivity (Wildman–Crippen MR) is 60.1 cm³/mol. The molecule has 0 aliphatic rings. The monoisotopic (exact) mass is 190 g/mol. The molecule has 1 rings (SSSR count). The maximum atomic E-state index is 4.02. The van der Waals surface area contributed by atoms with Gasteiger partial charge in [0.1, 0.15) is 0 Å². The second-order valence-electron chi connectivity index (χ2n) is 3.56. The maximum absolute atomic E-state index is 4.02. The summed E-state index contributed by atoms with van der Waals surface area (Å²) in [6.07, 6.45) is 5.90. The first-order valence-electron chi connectivity index (χ1n) is 5.02. The molecule has 1 heterocycles. The van der Waals surface area contributed by atoms with Gasteiger partial charge in [-0.05, 0) is 38.1 Å². The highest BCUT2D eigenvalue weighted by Gasteiger charge is 2.05. The molecule has 0 aliphatic heterocycles. The molecule has 2 nitrogen and oxygen atoms in total. The molecule has 0 aliphatic carbocycles. The quantitative estimate of drug-likeness (QED) is 0.738. The van der Waals surface area contributed by atoms with Crippen LogP contribution in [0.15, 0.2) is 36.2 Å². The summed E-state index contributed by atoms with van der Waals surface area (Å²) in [6, 6.07) is 4.41. The van der Waals surface area contributed by atoms with Gasteiger partial charge in [0.05, 0.1) is 6.04 Å². The van der Waals surface area contributed by atoms with Crippen LogP contribution in [0, 0.1) is 0 Å². The summed E-state index contributed by atoms with van der Waals surface area (Å²) in [7, 11) is 0. The first-order chi connectivity index (χ1) is 6.74. The molecule has 0 saturated heterocycles. The molecular formula is C12H18N2. The number of hydrogen-bond acceptors (Lipinski definition) is 2. The summed E-state index contributed by atoms with van der Waals surface area (Å²) >= 11 is 0. The summed E-state index contributed by atoms with van der Waals surface area (Å²) in [5.41, 5.74) is 2.59. The molecule has 14 heavy (non-hydrogen) atoms. The smallest absolute Gasteiger partial charge is 0.0509 e. The van der Waals surface area contributed by atoms with E-state index in [1.165, 1.54) is 11.1 Å². The Morgan fingerprint density at radius 2 is 2.07 bits per heavy atom. The summed E-state index contributed by atoms with van der Waals surface area (Å²) in [5.74, 6) is 0. The zero-order valence-electron chi connectivity index (χ0n) is 9.12. The summed E-state index contributed by atoms with van der Waals surface area (Å²) < 4.78 is 0. The van der Waals surface area contributed by atoms with E-state index in [0.717, 1.165) is 6.54 Å². The minimum Gasteiger partial charge on any atom is -0.307 e. The fourth-order valence-corrected chi connectivity index (χ4v) is 1.40. The van der Waals surface area contributed by atoms with Crippen LogP contribution in [0.1, 0.15) is 32.4 Å². The van der Waals surface area contributed by atoms with Gasteiger partial charge in [0.25, 0.3) is 0 Å². The van der Waals surface area contributed by atoms with Gasteiger partial charge in [0, 0.05) is 12.4 Å². The van der Waals surface area contributed by atoms with Crippen LogP contribution in [0.3, 0.4) is 0 Å². The lowest BCUT2D eigenvalue weighted by molar-refractivity contribution is 0.644. The molecular weight excluding hydrogens is 172 g/mol. The summed E-state index contributed by atoms with van der Waals surface area (Å²) in [5, 5.41) is 3.43. The van der Waals surface area contributed by atoms with Crippen LogP contribution in [0.4, 0.5) is 0 Å². The summed E-state index contributed by atoms with van der Waals surface area (Å²) in [6.45, 7) is 7.32. The van der Waals surface area contributed by atoms with E-state index in [-0.39, 0.29) is 0 Å². The zero-order chi connectivity index (χ0) is 10.4. The van der Waals surface area contributed by atoms with Crippen LogP contribution in [-0.2, 0) is 0 Å². The molecule has 0 saturated carbocycles. The van der Waals surface area contributed by atoms with Gasteiger partial charge in [-0.3, -0.25) is 4.98 Å². The number of aromatic nitrogens is 1. The fourth-order valence-electron chi connectivity index (χ4n) is 1.40. The predicted octanol–water partition coefficient (Wildman–Crippen LogP) is 2.70. The van der Waals surface area contributed by atoms with Crippen molar-refractivity contribution < 1.29 is 0 Å². The zero-order valence-corrected chi connectivity index (χ0v) is 9.12. The molecule has 1 N–H and O–H groups in total. The van der Waals surface area contributed by atoms with E-state index in [4.69, 9.17) is 0 Å². The third kappa shape index (κ3) is 3.30. The van der Waals surface area contributed by atoms with Crippen molar-refractivity contribution in [2.24, 2.45) is 0 Å². The van der Waals surface area contributed by atoms with Gasteiger partial charge in [-0.15, -0.1) is 0 Å². The lowest BCUT2D eigenvalue weighted by atomic mass is 10.1. The standard InChI is InChI=1S/C12H18N2/c1-4-14-12(9-10(2)3)11-5-7-13-8-6-11/h5-9,12,14H,4H2,1-3H3. The third-order valence-corrected chi connectivity index (χ3v) is 1.99. The molecule has 1 aromatic rings. The molecule has 0 bridgehead atoms. The Bertz CT molecular complexity index is 286. The first kappa shape index (κ1) is 10.9. The van der Waals surface area contributed by atoms with Gasteiger partial charge in [-0.1, -0.05) is 18.6 Å². The Morgan fingerprint density at radius 1 is 1.43 bits per heavy atom. The molecule has 1 aromatic heterocycles. The van der Waals surface area contributed by atoms with E-state index in [0.29, 0.717) is 6.04 Å². The number of nitrogens with one attached hydrogen (secondary N) is 1. The lowest BCUT2D eigenvalue weighted by Crippen LogP contribution is -2.19. The molecule has 0 radical (unpaired) electrons. The van der Waals surface area contributed by atoms with E-state index in [2.05, 4.69) is 37.1 Å². The van der Waals surface area contributed by atoms with E-state index in [1.54, 1.807) is 0 Å². The van der Waals surface area contributed by atoms with Gasteiger partial charge in [-0.25, -0.2) is 0 Å². The molecule has 0 aromatic carbocycles. The molecule has 0 amide bonds. The molecule has 1 unspecified atom stereocenters. The Hall–Kier alpha value is -1.15. The normalized spacial score (nSPS) is 12.2. The van der Waals surface area contributed by atoms with E-state index >= 15 is 0 Å². The molecule has 0 fully saturated rings. The van der Waals surface area contributed by atoms with Gasteiger partial charge in [-0.2, -0.15) is 0 Å². The molecule has 0 spiro atoms. The second kappa shape index (κ2) is 5.55. The van der Waals surface area contributed by atoms with E-state index < -0.39 is 0 Å². The third-order valence-electron chi connectivity index (χ3n) is 1.99. The van der Waals surface area contributed by atoms with E-state index in [9.17, 15) is 0 Å². The largest absolute Gasteiger partial charge is 0.307 e. The fraction of sp³-hybridized carbons (Fsp3) is 0.417. The van der Waals surface area contributed by atoms with Crippen LogP contribution in [-0.4, -0.2) is 11.5 Å². The van der Waals surface area contributed by atoms with Crippen molar-refractivity contribution in [2.45, 2.75) is 26.8 Å². The topological polar surface area (TPSA) is 24.9 Å². The molecule has 2 heteroatoms. The Kier molecular flexibility index (Phi) is 4.33. The van der Waals surface area contributed by atoms with Gasteiger partial charge in [0.2, 0.25) is 0 Å². The van der Waals surface area contributed by atoms with Crippen LogP contribution < -0.4 is 5.32 Å². The highest BCUT2D eigenvalue weighted by atomic mass is 14.9. The second-order valence-corrected chi connectivity index (χ2v) is 3.56. The SMILES string of the molecule is CCNC(C=C(C)C)c1ccncc1. The molecule has 76 valence electrons. The number of hydrogen-bond donors (Lipinski definition) is 1. The number of rotatable bonds is 4. The van der Waals surface area contributed by atoms with Crippen LogP contribution in [0.2, 0.25) is 0 Å². The Balaban J connectivity index is 2.83. The number of pyridine rings is 1. The van der Waals surface area contributed by atoms with Crippen molar-refractivity contribution in [3.05, 3.63) is 41.7 Å². The van der Waals surface area contributed by atoms with Gasteiger partial charge in [0.15, 0.2) is 0 Å². The number of nitrogens with zero attached hydrogens (tertiary/aromatic N) is 1. The summed E-state index contributed by atoms with van der Waals surface area (Å²) in [4.78, 5) is 4.02. The van der Waals surface area contributed by atoms with Crippen LogP contribution >= 0.6 is 0 Å². The Morgan fingerprint density at radius 3 is 2.57 bits per heavy atom. The van der Waals surface area contributed by atoms with Crippen molar-refractivity contribution in [2.75, 3.05) is 6.54 Å². The highest BCUT2D eigenvalue weighted by molar-refractivity contribution is 5.21. The lowest BCUT2D eigenvalue weighted by Gasteiger charge is -2.14. The van der Waals surface area contributed by atoms with Gasteiger partial charge < -0.3 is 5.32 Å². The average molecular weight is 190 g/mol. The first-order valence-corrected chi connectivity index (χ1v) is 5.02. The highest BCUT2D eigenvalue weighted by Crippen LogP contribution is 2.14. The van der Waals surface area contributed by atoms with Gasteiger partial charge >= 0.3 is 0 Å². The minimum absolute atomic E-state index is 0.313. The van der Waals surface area contributed by atoms with Crippen molar-refractivity contribution in [3.63, 3.8) is 0 Å². The van der Waals surface area contributed by atoms with Crippen molar-refractivity contribution in [3.8, 4) is 0 Å². The molecule has 1 atom stereocenters.